The fourth-order valence-corrected chi connectivity index (χ4v) is 3.10. The van der Waals surface area contributed by atoms with Crippen molar-refractivity contribution in [1.82, 2.24) is 0 Å². The van der Waals surface area contributed by atoms with E-state index in [4.69, 9.17) is 0 Å². The monoisotopic (exact) mass is 386 g/mol. The Kier molecular flexibility index (Phi) is 6.80. The van der Waals surface area contributed by atoms with Crippen molar-refractivity contribution in [3.8, 4) is 0 Å². The van der Waals surface area contributed by atoms with Crippen molar-refractivity contribution >= 4 is 23.2 Å². The molecule has 0 aliphatic heterocycles. The minimum atomic E-state index is -0.191. The zero-order valence-corrected chi connectivity index (χ0v) is 16.9. The van der Waals surface area contributed by atoms with E-state index in [0.29, 0.717) is 23.4 Å². The number of carbonyl (C=O) groups is 2. The van der Waals surface area contributed by atoms with Gasteiger partial charge in [-0.2, -0.15) is 0 Å². The van der Waals surface area contributed by atoms with E-state index < -0.39 is 0 Å². The van der Waals surface area contributed by atoms with Gasteiger partial charge in [-0.1, -0.05) is 55.8 Å². The standard InChI is InChI=1S/C25H26N2O2/c1-3-4-17-27(22-13-9-6-10-14-22)25(29)21-16-15-19(2)23(18-21)26-24(28)20-11-7-5-8-12-20/h5-16,18H,3-4,17H2,1-2H3,(H,26,28). The summed E-state index contributed by atoms with van der Waals surface area (Å²) < 4.78 is 0. The zero-order chi connectivity index (χ0) is 20.6. The molecule has 0 aliphatic carbocycles. The van der Waals surface area contributed by atoms with E-state index in [1.54, 1.807) is 23.1 Å². The smallest absolute Gasteiger partial charge is 0.258 e. The quantitative estimate of drug-likeness (QED) is 0.567. The van der Waals surface area contributed by atoms with Gasteiger partial charge in [-0.15, -0.1) is 0 Å². The molecule has 1 N–H and O–H groups in total. The molecule has 0 bridgehead atoms. The summed E-state index contributed by atoms with van der Waals surface area (Å²) in [4.78, 5) is 27.6. The molecule has 0 unspecified atom stereocenters. The van der Waals surface area contributed by atoms with Crippen LogP contribution in [0.1, 0.15) is 46.0 Å². The third kappa shape index (κ3) is 5.11. The van der Waals surface area contributed by atoms with E-state index in [-0.39, 0.29) is 11.8 Å². The molecule has 3 rings (SSSR count). The molecule has 29 heavy (non-hydrogen) atoms. The van der Waals surface area contributed by atoms with Crippen molar-refractivity contribution in [1.29, 1.82) is 0 Å². The summed E-state index contributed by atoms with van der Waals surface area (Å²) >= 11 is 0. The number of anilines is 2. The average molecular weight is 386 g/mol. The van der Waals surface area contributed by atoms with Gasteiger partial charge in [0.15, 0.2) is 0 Å². The normalized spacial score (nSPS) is 10.4. The highest BCUT2D eigenvalue weighted by atomic mass is 16.2. The number of para-hydroxylation sites is 1. The highest BCUT2D eigenvalue weighted by molar-refractivity contribution is 6.08. The Morgan fingerprint density at radius 1 is 0.862 bits per heavy atom. The first-order valence-corrected chi connectivity index (χ1v) is 9.94. The third-order valence-corrected chi connectivity index (χ3v) is 4.82. The van der Waals surface area contributed by atoms with Gasteiger partial charge in [0.1, 0.15) is 0 Å². The zero-order valence-electron chi connectivity index (χ0n) is 16.9. The SMILES string of the molecule is CCCCN(C(=O)c1ccc(C)c(NC(=O)c2ccccc2)c1)c1ccccc1. The maximum Gasteiger partial charge on any atom is 0.258 e. The van der Waals surface area contributed by atoms with Crippen molar-refractivity contribution in [3.63, 3.8) is 0 Å². The van der Waals surface area contributed by atoms with Gasteiger partial charge in [-0.25, -0.2) is 0 Å². The van der Waals surface area contributed by atoms with Crippen LogP contribution in [0.25, 0.3) is 0 Å². The number of benzene rings is 3. The first-order valence-electron chi connectivity index (χ1n) is 9.94. The summed E-state index contributed by atoms with van der Waals surface area (Å²) in [5, 5.41) is 2.93. The van der Waals surface area contributed by atoms with Crippen molar-refractivity contribution in [2.45, 2.75) is 26.7 Å². The molecule has 0 saturated carbocycles. The third-order valence-electron chi connectivity index (χ3n) is 4.82. The topological polar surface area (TPSA) is 49.4 Å². The first kappa shape index (κ1) is 20.3. The Hall–Kier alpha value is -3.40. The van der Waals surface area contributed by atoms with Crippen molar-refractivity contribution in [3.05, 3.63) is 95.6 Å². The molecular weight excluding hydrogens is 360 g/mol. The molecule has 2 amide bonds. The summed E-state index contributed by atoms with van der Waals surface area (Å²) in [5.74, 6) is -0.260. The molecule has 0 heterocycles. The number of nitrogens with zero attached hydrogens (tertiary/aromatic N) is 1. The Morgan fingerprint density at radius 3 is 2.17 bits per heavy atom. The van der Waals surface area contributed by atoms with Gasteiger partial charge < -0.3 is 10.2 Å². The van der Waals surface area contributed by atoms with Crippen LogP contribution in [0.3, 0.4) is 0 Å². The molecule has 0 spiro atoms. The lowest BCUT2D eigenvalue weighted by molar-refractivity contribution is 0.0984. The molecule has 0 aromatic heterocycles. The Labute approximate surface area is 172 Å². The van der Waals surface area contributed by atoms with Crippen LogP contribution in [0.2, 0.25) is 0 Å². The summed E-state index contributed by atoms with van der Waals surface area (Å²) in [6.45, 7) is 4.68. The van der Waals surface area contributed by atoms with Crippen molar-refractivity contribution in [2.24, 2.45) is 0 Å². The molecule has 4 heteroatoms. The number of carbonyl (C=O) groups excluding carboxylic acids is 2. The van der Waals surface area contributed by atoms with Gasteiger partial charge in [0.25, 0.3) is 11.8 Å². The Morgan fingerprint density at radius 2 is 1.52 bits per heavy atom. The number of aryl methyl sites for hydroxylation is 1. The van der Waals surface area contributed by atoms with Gasteiger partial charge in [-0.3, -0.25) is 9.59 Å². The summed E-state index contributed by atoms with van der Waals surface area (Å²) in [7, 11) is 0. The van der Waals surface area contributed by atoms with Crippen LogP contribution in [-0.2, 0) is 0 Å². The number of hydrogen-bond donors (Lipinski definition) is 1. The maximum absolute atomic E-state index is 13.3. The van der Waals surface area contributed by atoms with E-state index >= 15 is 0 Å². The molecule has 0 radical (unpaired) electrons. The largest absolute Gasteiger partial charge is 0.322 e. The number of amides is 2. The number of hydrogen-bond acceptors (Lipinski definition) is 2. The Balaban J connectivity index is 1.86. The number of nitrogens with one attached hydrogen (secondary N) is 1. The van der Waals surface area contributed by atoms with Gasteiger partial charge in [0.2, 0.25) is 0 Å². The fraction of sp³-hybridized carbons (Fsp3) is 0.200. The van der Waals surface area contributed by atoms with Crippen LogP contribution >= 0.6 is 0 Å². The van der Waals surface area contributed by atoms with E-state index in [0.717, 1.165) is 24.1 Å². The molecule has 3 aromatic rings. The van der Waals surface area contributed by atoms with Crippen LogP contribution < -0.4 is 10.2 Å². The number of unbranched alkanes of at least 4 members (excludes halogenated alkanes) is 1. The summed E-state index contributed by atoms with van der Waals surface area (Å²) in [6.07, 6.45) is 1.92. The van der Waals surface area contributed by atoms with Crippen molar-refractivity contribution in [2.75, 3.05) is 16.8 Å². The molecule has 0 fully saturated rings. The predicted octanol–water partition coefficient (Wildman–Crippen LogP) is 5.69. The molecule has 148 valence electrons. The Bertz CT molecular complexity index is 969. The van der Waals surface area contributed by atoms with Crippen LogP contribution in [-0.4, -0.2) is 18.4 Å². The first-order chi connectivity index (χ1) is 14.1. The van der Waals surface area contributed by atoms with E-state index in [1.165, 1.54) is 0 Å². The van der Waals surface area contributed by atoms with E-state index in [9.17, 15) is 9.59 Å². The minimum Gasteiger partial charge on any atom is -0.322 e. The molecule has 0 saturated heterocycles. The molecular formula is C25H26N2O2. The molecule has 3 aromatic carbocycles. The van der Waals surface area contributed by atoms with Gasteiger partial charge >= 0.3 is 0 Å². The minimum absolute atomic E-state index is 0.0696. The second kappa shape index (κ2) is 9.69. The average Bonchev–Trinajstić information content (AvgIpc) is 2.76. The van der Waals surface area contributed by atoms with Crippen LogP contribution in [0, 0.1) is 6.92 Å². The summed E-state index contributed by atoms with van der Waals surface area (Å²) in [6, 6.07) is 24.2. The van der Waals surface area contributed by atoms with Crippen molar-refractivity contribution < 1.29 is 9.59 Å². The number of rotatable bonds is 7. The van der Waals surface area contributed by atoms with Gasteiger partial charge in [0.05, 0.1) is 0 Å². The lowest BCUT2D eigenvalue weighted by Gasteiger charge is -2.23. The van der Waals surface area contributed by atoms with Crippen LogP contribution in [0.5, 0.6) is 0 Å². The lowest BCUT2D eigenvalue weighted by atomic mass is 10.1. The van der Waals surface area contributed by atoms with Crippen LogP contribution in [0.15, 0.2) is 78.9 Å². The second-order valence-electron chi connectivity index (χ2n) is 7.00. The van der Waals surface area contributed by atoms with Gasteiger partial charge in [-0.05, 0) is 55.3 Å². The molecule has 0 aliphatic rings. The summed E-state index contributed by atoms with van der Waals surface area (Å²) in [5.41, 5.74) is 3.57. The van der Waals surface area contributed by atoms with Gasteiger partial charge in [0, 0.05) is 29.0 Å². The van der Waals surface area contributed by atoms with E-state index in [2.05, 4.69) is 12.2 Å². The lowest BCUT2D eigenvalue weighted by Crippen LogP contribution is -2.32. The highest BCUT2D eigenvalue weighted by Gasteiger charge is 2.18. The van der Waals surface area contributed by atoms with E-state index in [1.807, 2.05) is 67.6 Å². The second-order valence-corrected chi connectivity index (χ2v) is 7.00. The molecule has 4 nitrogen and oxygen atoms in total. The highest BCUT2D eigenvalue weighted by Crippen LogP contribution is 2.22. The maximum atomic E-state index is 13.3. The molecule has 0 atom stereocenters. The predicted molar refractivity (Wildman–Crippen MR) is 119 cm³/mol. The fourth-order valence-electron chi connectivity index (χ4n) is 3.10. The van der Waals surface area contributed by atoms with Crippen LogP contribution in [0.4, 0.5) is 11.4 Å².